The number of ether oxygens (including phenoxy) is 1. The summed E-state index contributed by atoms with van der Waals surface area (Å²) in [5, 5.41) is 9.34. The van der Waals surface area contributed by atoms with E-state index in [-0.39, 0.29) is 12.2 Å². The van der Waals surface area contributed by atoms with Gasteiger partial charge in [0, 0.05) is 17.9 Å². The topological polar surface area (TPSA) is 63.6 Å². The van der Waals surface area contributed by atoms with E-state index in [2.05, 4.69) is 12.6 Å². The number of aliphatic carboxylic acids is 1. The lowest BCUT2D eigenvalue weighted by Crippen LogP contribution is -2.26. The van der Waals surface area contributed by atoms with Crippen molar-refractivity contribution in [1.29, 1.82) is 0 Å². The Morgan fingerprint density at radius 2 is 1.96 bits per heavy atom. The fourth-order valence-corrected chi connectivity index (χ4v) is 3.45. The lowest BCUT2D eigenvalue weighted by atomic mass is 9.87. The molecule has 23 heavy (non-hydrogen) atoms. The van der Waals surface area contributed by atoms with Crippen LogP contribution in [0.5, 0.6) is 5.75 Å². The van der Waals surface area contributed by atoms with Crippen LogP contribution >= 0.6 is 0 Å². The van der Waals surface area contributed by atoms with E-state index < -0.39 is 17.8 Å². The van der Waals surface area contributed by atoms with Gasteiger partial charge in [0.25, 0.3) is 0 Å². The Bertz CT molecular complexity index is 620. The van der Waals surface area contributed by atoms with Gasteiger partial charge in [0.2, 0.25) is 0 Å². The Morgan fingerprint density at radius 3 is 2.52 bits per heavy atom. The second-order valence-electron chi connectivity index (χ2n) is 6.31. The van der Waals surface area contributed by atoms with E-state index in [1.807, 2.05) is 19.9 Å². The SMILES string of the molecule is C=C1C[C@@H](C(=O)O)[C@H](C(=O)Cc2c(CC)cc(C)cc2OC)C1. The highest BCUT2D eigenvalue weighted by Gasteiger charge is 2.39. The third-order valence-electron chi connectivity index (χ3n) is 4.63. The maximum atomic E-state index is 12.7. The first kappa shape index (κ1) is 17.3. The van der Waals surface area contributed by atoms with Crippen molar-refractivity contribution in [2.45, 2.75) is 39.5 Å². The first-order valence-corrected chi connectivity index (χ1v) is 7.95. The first-order valence-electron chi connectivity index (χ1n) is 7.95. The second kappa shape index (κ2) is 6.99. The van der Waals surface area contributed by atoms with Crippen molar-refractivity contribution < 1.29 is 19.4 Å². The van der Waals surface area contributed by atoms with Crippen LogP contribution in [0.3, 0.4) is 0 Å². The van der Waals surface area contributed by atoms with Gasteiger partial charge in [0.1, 0.15) is 11.5 Å². The van der Waals surface area contributed by atoms with Crippen molar-refractivity contribution in [3.05, 3.63) is 41.0 Å². The standard InChI is InChI=1S/C19H24O4/c1-5-13-6-11(2)9-18(23-4)14(13)10-17(20)15-7-12(3)8-16(15)19(21)22/h6,9,15-16H,3,5,7-8,10H2,1-2,4H3,(H,21,22)/t15-,16-/m1/s1. The summed E-state index contributed by atoms with van der Waals surface area (Å²) in [6.45, 7) is 7.90. The number of carbonyl (C=O) groups is 2. The molecule has 0 unspecified atom stereocenters. The van der Waals surface area contributed by atoms with Gasteiger partial charge in [-0.1, -0.05) is 25.1 Å². The van der Waals surface area contributed by atoms with Gasteiger partial charge in [0.15, 0.2) is 0 Å². The maximum Gasteiger partial charge on any atom is 0.307 e. The van der Waals surface area contributed by atoms with Crippen molar-refractivity contribution >= 4 is 11.8 Å². The predicted octanol–water partition coefficient (Wildman–Crippen LogP) is 3.34. The molecule has 0 bridgehead atoms. The fourth-order valence-electron chi connectivity index (χ4n) is 3.45. The Kier molecular flexibility index (Phi) is 5.24. The quantitative estimate of drug-likeness (QED) is 0.818. The number of carboxylic acid groups (broad SMARTS) is 1. The number of carbonyl (C=O) groups excluding carboxylic acids is 1. The summed E-state index contributed by atoms with van der Waals surface area (Å²) in [5.74, 6) is -1.35. The van der Waals surface area contributed by atoms with Crippen LogP contribution in [-0.2, 0) is 22.4 Å². The van der Waals surface area contributed by atoms with Crippen molar-refractivity contribution in [3.63, 3.8) is 0 Å². The zero-order valence-corrected chi connectivity index (χ0v) is 14.0. The molecule has 4 heteroatoms. The van der Waals surface area contributed by atoms with Gasteiger partial charge in [-0.25, -0.2) is 0 Å². The maximum absolute atomic E-state index is 12.7. The second-order valence-corrected chi connectivity index (χ2v) is 6.31. The summed E-state index contributed by atoms with van der Waals surface area (Å²) in [4.78, 5) is 24.1. The van der Waals surface area contributed by atoms with Gasteiger partial charge < -0.3 is 9.84 Å². The summed E-state index contributed by atoms with van der Waals surface area (Å²) in [7, 11) is 1.60. The molecule has 0 aliphatic heterocycles. The van der Waals surface area contributed by atoms with E-state index >= 15 is 0 Å². The highest BCUT2D eigenvalue weighted by atomic mass is 16.5. The zero-order chi connectivity index (χ0) is 17.1. The minimum atomic E-state index is -0.909. The number of Topliss-reactive ketones (excluding diaryl/α,β-unsaturated/α-hetero) is 1. The van der Waals surface area contributed by atoms with Gasteiger partial charge in [-0.15, -0.1) is 0 Å². The van der Waals surface area contributed by atoms with Gasteiger partial charge in [0.05, 0.1) is 13.0 Å². The molecule has 1 aliphatic carbocycles. The van der Waals surface area contributed by atoms with Crippen molar-refractivity contribution in [1.82, 2.24) is 0 Å². The van der Waals surface area contributed by atoms with E-state index in [9.17, 15) is 14.7 Å². The molecule has 1 aliphatic rings. The van der Waals surface area contributed by atoms with Crippen LogP contribution in [0.4, 0.5) is 0 Å². The molecule has 2 atom stereocenters. The highest BCUT2D eigenvalue weighted by Crippen LogP contribution is 2.37. The predicted molar refractivity (Wildman–Crippen MR) is 88.8 cm³/mol. The van der Waals surface area contributed by atoms with E-state index in [1.165, 1.54) is 0 Å². The van der Waals surface area contributed by atoms with Crippen molar-refractivity contribution in [2.75, 3.05) is 7.11 Å². The molecule has 124 valence electrons. The first-order chi connectivity index (χ1) is 10.9. The molecule has 1 N–H and O–H groups in total. The van der Waals surface area contributed by atoms with E-state index in [1.54, 1.807) is 7.11 Å². The van der Waals surface area contributed by atoms with Gasteiger partial charge in [-0.05, 0) is 43.4 Å². The molecule has 0 saturated heterocycles. The van der Waals surface area contributed by atoms with Gasteiger partial charge in [-0.2, -0.15) is 0 Å². The molecule has 2 rings (SSSR count). The lowest BCUT2D eigenvalue weighted by Gasteiger charge is -2.18. The summed E-state index contributed by atoms with van der Waals surface area (Å²) in [5.41, 5.74) is 3.90. The number of hydrogen-bond acceptors (Lipinski definition) is 3. The fraction of sp³-hybridized carbons (Fsp3) is 0.474. The summed E-state index contributed by atoms with van der Waals surface area (Å²) in [6.07, 6.45) is 1.90. The number of aryl methyl sites for hydroxylation is 2. The molecular weight excluding hydrogens is 292 g/mol. The Hall–Kier alpha value is -2.10. The highest BCUT2D eigenvalue weighted by molar-refractivity contribution is 5.89. The molecule has 1 saturated carbocycles. The normalized spacial score (nSPS) is 20.6. The molecule has 0 aromatic heterocycles. The molecule has 0 spiro atoms. The summed E-state index contributed by atoms with van der Waals surface area (Å²) >= 11 is 0. The van der Waals surface area contributed by atoms with Gasteiger partial charge in [-0.3, -0.25) is 9.59 Å². The summed E-state index contributed by atoms with van der Waals surface area (Å²) in [6, 6.07) is 3.98. The Labute approximate surface area is 137 Å². The number of ketones is 1. The molecule has 1 fully saturated rings. The molecule has 0 heterocycles. The van der Waals surface area contributed by atoms with E-state index in [0.29, 0.717) is 18.6 Å². The molecular formula is C19H24O4. The Balaban J connectivity index is 2.30. The molecule has 0 radical (unpaired) electrons. The average molecular weight is 316 g/mol. The van der Waals surface area contributed by atoms with Crippen LogP contribution in [0.25, 0.3) is 0 Å². The van der Waals surface area contributed by atoms with Gasteiger partial charge >= 0.3 is 5.97 Å². The molecule has 4 nitrogen and oxygen atoms in total. The summed E-state index contributed by atoms with van der Waals surface area (Å²) < 4.78 is 5.44. The lowest BCUT2D eigenvalue weighted by molar-refractivity contribution is -0.145. The number of hydrogen-bond donors (Lipinski definition) is 1. The third-order valence-corrected chi connectivity index (χ3v) is 4.63. The largest absolute Gasteiger partial charge is 0.496 e. The minimum Gasteiger partial charge on any atom is -0.496 e. The van der Waals surface area contributed by atoms with Crippen LogP contribution in [-0.4, -0.2) is 24.0 Å². The van der Waals surface area contributed by atoms with Crippen molar-refractivity contribution in [3.8, 4) is 5.75 Å². The number of allylic oxidation sites excluding steroid dienone is 1. The van der Waals surface area contributed by atoms with Crippen molar-refractivity contribution in [2.24, 2.45) is 11.8 Å². The van der Waals surface area contributed by atoms with Crippen LogP contribution < -0.4 is 4.74 Å². The average Bonchev–Trinajstić information content (AvgIpc) is 2.90. The van der Waals surface area contributed by atoms with Crippen LogP contribution in [0.15, 0.2) is 24.3 Å². The Morgan fingerprint density at radius 1 is 1.30 bits per heavy atom. The third kappa shape index (κ3) is 3.63. The van der Waals surface area contributed by atoms with Crippen LogP contribution in [0.1, 0.15) is 36.5 Å². The monoisotopic (exact) mass is 316 g/mol. The van der Waals surface area contributed by atoms with Crippen LogP contribution in [0, 0.1) is 18.8 Å². The molecule has 1 aromatic rings. The molecule has 1 aromatic carbocycles. The number of rotatable bonds is 6. The van der Waals surface area contributed by atoms with E-state index in [4.69, 9.17) is 4.74 Å². The van der Waals surface area contributed by atoms with Crippen LogP contribution in [0.2, 0.25) is 0 Å². The smallest absolute Gasteiger partial charge is 0.307 e. The van der Waals surface area contributed by atoms with E-state index in [0.717, 1.165) is 28.7 Å². The number of methoxy groups -OCH3 is 1. The minimum absolute atomic E-state index is 0.0343. The number of carboxylic acids is 1. The zero-order valence-electron chi connectivity index (χ0n) is 14.0. The number of benzene rings is 1. The molecule has 0 amide bonds.